The lowest BCUT2D eigenvalue weighted by Gasteiger charge is -2.33. The average molecular weight is 258 g/mol. The molecule has 1 unspecified atom stereocenters. The molecule has 0 spiro atoms. The quantitative estimate of drug-likeness (QED) is 0.687. The third-order valence-electron chi connectivity index (χ3n) is 4.28. The van der Waals surface area contributed by atoms with Crippen LogP contribution in [0.4, 0.5) is 0 Å². The van der Waals surface area contributed by atoms with Crippen molar-refractivity contribution in [1.82, 2.24) is 4.90 Å². The molecule has 0 aromatic carbocycles. The molecule has 1 fully saturated rings. The fraction of sp³-hybridized carbons (Fsp3) is 1.00. The van der Waals surface area contributed by atoms with E-state index in [9.17, 15) is 5.11 Å². The number of piperidine rings is 1. The van der Waals surface area contributed by atoms with Crippen molar-refractivity contribution in [2.24, 2.45) is 11.7 Å². The van der Waals surface area contributed by atoms with E-state index in [1.54, 1.807) is 7.11 Å². The van der Waals surface area contributed by atoms with Crippen molar-refractivity contribution in [3.8, 4) is 0 Å². The molecular formula is C14H30N2O2. The van der Waals surface area contributed by atoms with Crippen molar-refractivity contribution in [2.75, 3.05) is 40.0 Å². The molecule has 18 heavy (non-hydrogen) atoms. The van der Waals surface area contributed by atoms with Gasteiger partial charge in [0.05, 0.1) is 6.61 Å². The summed E-state index contributed by atoms with van der Waals surface area (Å²) in [5.74, 6) is 0.743. The van der Waals surface area contributed by atoms with Gasteiger partial charge in [-0.3, -0.25) is 0 Å². The largest absolute Gasteiger partial charge is 0.394 e. The second kappa shape index (κ2) is 8.10. The molecule has 1 aliphatic rings. The van der Waals surface area contributed by atoms with Crippen LogP contribution in [0.3, 0.4) is 0 Å². The Morgan fingerprint density at radius 1 is 1.39 bits per heavy atom. The van der Waals surface area contributed by atoms with Gasteiger partial charge < -0.3 is 20.5 Å². The van der Waals surface area contributed by atoms with Crippen LogP contribution >= 0.6 is 0 Å². The van der Waals surface area contributed by atoms with Crippen molar-refractivity contribution in [3.05, 3.63) is 0 Å². The van der Waals surface area contributed by atoms with E-state index in [0.717, 1.165) is 38.3 Å². The van der Waals surface area contributed by atoms with Crippen molar-refractivity contribution < 1.29 is 9.84 Å². The SMILES string of the molecule is CCC(N)(CO)CCCN1CCC(COC)CC1. The number of rotatable bonds is 8. The Balaban J connectivity index is 2.14. The molecule has 0 radical (unpaired) electrons. The summed E-state index contributed by atoms with van der Waals surface area (Å²) in [6.07, 6.45) is 5.34. The van der Waals surface area contributed by atoms with Crippen LogP contribution in [0, 0.1) is 5.92 Å². The lowest BCUT2D eigenvalue weighted by molar-refractivity contribution is 0.0965. The highest BCUT2D eigenvalue weighted by atomic mass is 16.5. The summed E-state index contributed by atoms with van der Waals surface area (Å²) in [6, 6.07) is 0. The van der Waals surface area contributed by atoms with Gasteiger partial charge in [-0.15, -0.1) is 0 Å². The summed E-state index contributed by atoms with van der Waals surface area (Å²) in [6.45, 7) is 6.51. The topological polar surface area (TPSA) is 58.7 Å². The molecule has 1 heterocycles. The average Bonchev–Trinajstić information content (AvgIpc) is 2.41. The summed E-state index contributed by atoms with van der Waals surface area (Å²) < 4.78 is 5.21. The number of ether oxygens (including phenoxy) is 1. The lowest BCUT2D eigenvalue weighted by Crippen LogP contribution is -2.44. The van der Waals surface area contributed by atoms with Crippen molar-refractivity contribution in [1.29, 1.82) is 0 Å². The van der Waals surface area contributed by atoms with Crippen LogP contribution in [-0.4, -0.2) is 55.5 Å². The first-order valence-corrected chi connectivity index (χ1v) is 7.24. The van der Waals surface area contributed by atoms with E-state index < -0.39 is 0 Å². The minimum Gasteiger partial charge on any atom is -0.394 e. The minimum atomic E-state index is -0.367. The van der Waals surface area contributed by atoms with E-state index in [-0.39, 0.29) is 12.1 Å². The molecule has 1 aliphatic heterocycles. The van der Waals surface area contributed by atoms with E-state index in [0.29, 0.717) is 0 Å². The number of aliphatic hydroxyl groups excluding tert-OH is 1. The molecule has 4 heteroatoms. The van der Waals surface area contributed by atoms with Crippen LogP contribution in [0.5, 0.6) is 0 Å². The summed E-state index contributed by atoms with van der Waals surface area (Å²) in [4.78, 5) is 2.51. The number of likely N-dealkylation sites (tertiary alicyclic amines) is 1. The van der Waals surface area contributed by atoms with E-state index in [2.05, 4.69) is 4.90 Å². The van der Waals surface area contributed by atoms with Crippen LogP contribution in [0.2, 0.25) is 0 Å². The van der Waals surface area contributed by atoms with Gasteiger partial charge in [0.25, 0.3) is 0 Å². The van der Waals surface area contributed by atoms with Gasteiger partial charge in [-0.25, -0.2) is 0 Å². The van der Waals surface area contributed by atoms with Gasteiger partial charge in [0, 0.05) is 19.3 Å². The highest BCUT2D eigenvalue weighted by Crippen LogP contribution is 2.19. The van der Waals surface area contributed by atoms with Gasteiger partial charge in [-0.05, 0) is 57.7 Å². The van der Waals surface area contributed by atoms with Crippen LogP contribution in [0.15, 0.2) is 0 Å². The number of aliphatic hydroxyl groups is 1. The highest BCUT2D eigenvalue weighted by Gasteiger charge is 2.23. The normalized spacial score (nSPS) is 22.0. The molecule has 0 bridgehead atoms. The summed E-state index contributed by atoms with van der Waals surface area (Å²) >= 11 is 0. The van der Waals surface area contributed by atoms with Gasteiger partial charge in [-0.2, -0.15) is 0 Å². The maximum atomic E-state index is 9.26. The minimum absolute atomic E-state index is 0.0966. The molecule has 0 saturated carbocycles. The second-order valence-electron chi connectivity index (χ2n) is 5.72. The second-order valence-corrected chi connectivity index (χ2v) is 5.72. The van der Waals surface area contributed by atoms with Crippen molar-refractivity contribution in [2.45, 2.75) is 44.6 Å². The zero-order valence-corrected chi connectivity index (χ0v) is 12.0. The number of methoxy groups -OCH3 is 1. The first-order chi connectivity index (χ1) is 8.63. The van der Waals surface area contributed by atoms with E-state index in [4.69, 9.17) is 10.5 Å². The molecule has 1 saturated heterocycles. The molecule has 0 aromatic rings. The molecule has 0 aromatic heterocycles. The Hall–Kier alpha value is -0.160. The Morgan fingerprint density at radius 2 is 2.06 bits per heavy atom. The molecule has 1 atom stereocenters. The number of nitrogens with zero attached hydrogens (tertiary/aromatic N) is 1. The zero-order valence-electron chi connectivity index (χ0n) is 12.0. The maximum absolute atomic E-state index is 9.26. The van der Waals surface area contributed by atoms with Crippen molar-refractivity contribution >= 4 is 0 Å². The fourth-order valence-corrected chi connectivity index (χ4v) is 2.63. The Labute approximate surface area is 111 Å². The van der Waals surface area contributed by atoms with Crippen molar-refractivity contribution in [3.63, 3.8) is 0 Å². The summed E-state index contributed by atoms with van der Waals surface area (Å²) in [5, 5.41) is 9.26. The third-order valence-corrected chi connectivity index (χ3v) is 4.28. The van der Waals surface area contributed by atoms with E-state index in [1.165, 1.54) is 25.9 Å². The maximum Gasteiger partial charge on any atom is 0.0611 e. The highest BCUT2D eigenvalue weighted by molar-refractivity contribution is 4.82. The summed E-state index contributed by atoms with van der Waals surface area (Å²) in [7, 11) is 1.78. The molecule has 3 N–H and O–H groups in total. The number of hydrogen-bond acceptors (Lipinski definition) is 4. The molecular weight excluding hydrogens is 228 g/mol. The first-order valence-electron chi connectivity index (χ1n) is 7.24. The lowest BCUT2D eigenvalue weighted by atomic mass is 9.92. The first kappa shape index (κ1) is 15.9. The molecule has 4 nitrogen and oxygen atoms in total. The Kier molecular flexibility index (Phi) is 7.15. The van der Waals surface area contributed by atoms with Gasteiger partial charge in [0.2, 0.25) is 0 Å². The van der Waals surface area contributed by atoms with Gasteiger partial charge in [-0.1, -0.05) is 6.92 Å². The van der Waals surface area contributed by atoms with Crippen LogP contribution in [0.25, 0.3) is 0 Å². The van der Waals surface area contributed by atoms with E-state index >= 15 is 0 Å². The number of nitrogens with two attached hydrogens (primary N) is 1. The molecule has 0 amide bonds. The van der Waals surface area contributed by atoms with Crippen LogP contribution in [-0.2, 0) is 4.74 Å². The molecule has 1 rings (SSSR count). The third kappa shape index (κ3) is 5.22. The van der Waals surface area contributed by atoms with Crippen LogP contribution < -0.4 is 5.73 Å². The van der Waals surface area contributed by atoms with E-state index in [1.807, 2.05) is 6.92 Å². The van der Waals surface area contributed by atoms with Crippen LogP contribution in [0.1, 0.15) is 39.0 Å². The Morgan fingerprint density at radius 3 is 2.56 bits per heavy atom. The van der Waals surface area contributed by atoms with Gasteiger partial charge >= 0.3 is 0 Å². The molecule has 0 aliphatic carbocycles. The fourth-order valence-electron chi connectivity index (χ4n) is 2.63. The predicted molar refractivity (Wildman–Crippen MR) is 74.6 cm³/mol. The predicted octanol–water partition coefficient (Wildman–Crippen LogP) is 1.22. The Bertz CT molecular complexity index is 212. The van der Waals surface area contributed by atoms with Gasteiger partial charge in [0.1, 0.15) is 0 Å². The monoisotopic (exact) mass is 258 g/mol. The van der Waals surface area contributed by atoms with Gasteiger partial charge in [0.15, 0.2) is 0 Å². The summed E-state index contributed by atoms with van der Waals surface area (Å²) in [5.41, 5.74) is 5.72. The zero-order chi connectivity index (χ0) is 13.4. The standard InChI is InChI=1S/C14H30N2O2/c1-3-14(15,12-17)7-4-8-16-9-5-13(6-10-16)11-18-2/h13,17H,3-12,15H2,1-2H3. The molecule has 108 valence electrons. The smallest absolute Gasteiger partial charge is 0.0611 e. The number of hydrogen-bond donors (Lipinski definition) is 2.